The Morgan fingerprint density at radius 3 is 3.07 bits per heavy atom. The van der Waals surface area contributed by atoms with Crippen LogP contribution in [0.3, 0.4) is 0 Å². The van der Waals surface area contributed by atoms with E-state index < -0.39 is 0 Å². The topological polar surface area (TPSA) is 56.2 Å². The third kappa shape index (κ3) is 2.18. The maximum absolute atomic E-state index is 11.8. The van der Waals surface area contributed by atoms with Gasteiger partial charge in [-0.25, -0.2) is 0 Å². The van der Waals surface area contributed by atoms with Crippen molar-refractivity contribution in [2.45, 2.75) is 18.9 Å². The van der Waals surface area contributed by atoms with Crippen molar-refractivity contribution in [1.82, 2.24) is 15.1 Å². The molecule has 1 aromatic rings. The summed E-state index contributed by atoms with van der Waals surface area (Å²) in [5.41, 5.74) is 0.533. The molecule has 0 atom stereocenters. The number of nitrogens with one attached hydrogen (secondary N) is 1. The molecule has 1 heterocycles. The number of carbonyl (C=O) groups excluding carboxylic acids is 1. The van der Waals surface area contributed by atoms with Crippen molar-refractivity contribution in [3.8, 4) is 5.75 Å². The summed E-state index contributed by atoms with van der Waals surface area (Å²) in [6, 6.07) is 0.535. The fourth-order valence-corrected chi connectivity index (χ4v) is 1.49. The van der Waals surface area contributed by atoms with E-state index in [0.29, 0.717) is 24.0 Å². The molecule has 2 rings (SSSR count). The Labute approximate surface area is 88.4 Å². The van der Waals surface area contributed by atoms with E-state index in [1.807, 2.05) is 0 Å². The van der Waals surface area contributed by atoms with Crippen LogP contribution in [0.2, 0.25) is 0 Å². The number of hydrogen-bond donors (Lipinski definition) is 1. The number of hydrogen-bond acceptors (Lipinski definition) is 4. The molecule has 0 radical (unpaired) electrons. The number of ether oxygens (including phenoxy) is 1. The Hall–Kier alpha value is -1.36. The quantitative estimate of drug-likeness (QED) is 0.711. The first-order valence-electron chi connectivity index (χ1n) is 5.05. The third-order valence-corrected chi connectivity index (χ3v) is 2.52. The van der Waals surface area contributed by atoms with Crippen LogP contribution in [0.15, 0.2) is 6.20 Å². The van der Waals surface area contributed by atoms with Gasteiger partial charge in [0.1, 0.15) is 5.69 Å². The average Bonchev–Trinajstić information content (AvgIpc) is 2.98. The van der Waals surface area contributed by atoms with Crippen LogP contribution in [0, 0.1) is 0 Å². The summed E-state index contributed by atoms with van der Waals surface area (Å²) >= 11 is 0. The van der Waals surface area contributed by atoms with Crippen LogP contribution in [0.25, 0.3) is 0 Å². The van der Waals surface area contributed by atoms with E-state index >= 15 is 0 Å². The number of ketones is 1. The lowest BCUT2D eigenvalue weighted by Gasteiger charge is -2.04. The van der Waals surface area contributed by atoms with Gasteiger partial charge in [0.15, 0.2) is 11.5 Å². The Balaban J connectivity index is 2.05. The molecule has 0 aliphatic heterocycles. The summed E-state index contributed by atoms with van der Waals surface area (Å²) < 4.78 is 6.63. The molecule has 0 unspecified atom stereocenters. The first kappa shape index (κ1) is 10.2. The van der Waals surface area contributed by atoms with Gasteiger partial charge in [0.25, 0.3) is 0 Å². The predicted octanol–water partition coefficient (Wildman–Crippen LogP) is 0.363. The molecule has 0 saturated heterocycles. The summed E-state index contributed by atoms with van der Waals surface area (Å²) in [5.74, 6) is 0.568. The highest BCUT2D eigenvalue weighted by molar-refractivity contribution is 5.98. The van der Waals surface area contributed by atoms with Gasteiger partial charge in [0, 0.05) is 13.1 Å². The molecule has 1 N–H and O–H groups in total. The van der Waals surface area contributed by atoms with Crippen molar-refractivity contribution in [2.75, 3.05) is 13.7 Å². The van der Waals surface area contributed by atoms with Crippen molar-refractivity contribution in [3.63, 3.8) is 0 Å². The van der Waals surface area contributed by atoms with Gasteiger partial charge in [0.2, 0.25) is 0 Å². The molecule has 1 aliphatic rings. The van der Waals surface area contributed by atoms with E-state index in [1.54, 1.807) is 25.0 Å². The highest BCUT2D eigenvalue weighted by Gasteiger charge is 2.23. The minimum Gasteiger partial charge on any atom is -0.493 e. The fourth-order valence-electron chi connectivity index (χ4n) is 1.49. The third-order valence-electron chi connectivity index (χ3n) is 2.52. The van der Waals surface area contributed by atoms with Crippen LogP contribution >= 0.6 is 0 Å². The second-order valence-electron chi connectivity index (χ2n) is 3.76. The number of aryl methyl sites for hydroxylation is 1. The number of carbonyl (C=O) groups is 1. The summed E-state index contributed by atoms with van der Waals surface area (Å²) in [7, 11) is 3.29. The Kier molecular flexibility index (Phi) is 2.73. The molecule has 0 aromatic carbocycles. The lowest BCUT2D eigenvalue weighted by molar-refractivity contribution is 0.0978. The molecule has 15 heavy (non-hydrogen) atoms. The van der Waals surface area contributed by atoms with Crippen LogP contribution in [0.1, 0.15) is 23.3 Å². The molecular weight excluding hydrogens is 194 g/mol. The van der Waals surface area contributed by atoms with Gasteiger partial charge >= 0.3 is 0 Å². The molecular formula is C10H15N3O2. The Bertz CT molecular complexity index is 369. The van der Waals surface area contributed by atoms with Crippen LogP contribution in [-0.4, -0.2) is 35.3 Å². The second kappa shape index (κ2) is 4.02. The standard InChI is InChI=1S/C10H15N3O2/c1-13-10(9(15-2)6-12-13)8(14)5-11-7-3-4-7/h6-7,11H,3-5H2,1-2H3. The van der Waals surface area contributed by atoms with E-state index in [0.717, 1.165) is 0 Å². The van der Waals surface area contributed by atoms with Gasteiger partial charge in [-0.15, -0.1) is 0 Å². The molecule has 82 valence electrons. The summed E-state index contributed by atoms with van der Waals surface area (Å²) in [5, 5.41) is 7.17. The minimum atomic E-state index is 0.0266. The Morgan fingerprint density at radius 2 is 2.47 bits per heavy atom. The molecule has 1 aromatic heterocycles. The number of aromatic nitrogens is 2. The maximum atomic E-state index is 11.8. The van der Waals surface area contributed by atoms with Crippen LogP contribution < -0.4 is 10.1 Å². The average molecular weight is 209 g/mol. The largest absolute Gasteiger partial charge is 0.493 e. The molecule has 5 nitrogen and oxygen atoms in total. The van der Waals surface area contributed by atoms with E-state index in [1.165, 1.54) is 12.8 Å². The Morgan fingerprint density at radius 1 is 1.73 bits per heavy atom. The van der Waals surface area contributed by atoms with Gasteiger partial charge in [0.05, 0.1) is 19.9 Å². The molecule has 1 saturated carbocycles. The molecule has 0 spiro atoms. The molecule has 0 amide bonds. The van der Waals surface area contributed by atoms with Crippen LogP contribution in [0.4, 0.5) is 0 Å². The van der Waals surface area contributed by atoms with Crippen LogP contribution in [0.5, 0.6) is 5.75 Å². The van der Waals surface area contributed by atoms with E-state index in [-0.39, 0.29) is 5.78 Å². The minimum absolute atomic E-state index is 0.0266. The number of nitrogens with zero attached hydrogens (tertiary/aromatic N) is 2. The normalized spacial score (nSPS) is 15.3. The summed E-state index contributed by atoms with van der Waals surface area (Å²) in [6.07, 6.45) is 3.91. The highest BCUT2D eigenvalue weighted by Crippen LogP contribution is 2.20. The number of rotatable bonds is 5. The predicted molar refractivity (Wildman–Crippen MR) is 55.1 cm³/mol. The zero-order valence-electron chi connectivity index (χ0n) is 8.99. The maximum Gasteiger partial charge on any atom is 0.198 e. The van der Waals surface area contributed by atoms with Gasteiger partial charge in [-0.2, -0.15) is 5.10 Å². The van der Waals surface area contributed by atoms with Crippen molar-refractivity contribution < 1.29 is 9.53 Å². The van der Waals surface area contributed by atoms with Crippen molar-refractivity contribution >= 4 is 5.78 Å². The number of methoxy groups -OCH3 is 1. The van der Waals surface area contributed by atoms with E-state index in [2.05, 4.69) is 10.4 Å². The van der Waals surface area contributed by atoms with E-state index in [9.17, 15) is 4.79 Å². The smallest absolute Gasteiger partial charge is 0.198 e. The molecule has 1 aliphatic carbocycles. The van der Waals surface area contributed by atoms with Crippen LogP contribution in [-0.2, 0) is 7.05 Å². The van der Waals surface area contributed by atoms with E-state index in [4.69, 9.17) is 4.74 Å². The highest BCUT2D eigenvalue weighted by atomic mass is 16.5. The van der Waals surface area contributed by atoms with Crippen molar-refractivity contribution in [3.05, 3.63) is 11.9 Å². The summed E-state index contributed by atoms with van der Waals surface area (Å²) in [4.78, 5) is 11.8. The second-order valence-corrected chi connectivity index (χ2v) is 3.76. The van der Waals surface area contributed by atoms with Crippen molar-refractivity contribution in [1.29, 1.82) is 0 Å². The zero-order chi connectivity index (χ0) is 10.8. The summed E-state index contributed by atoms with van der Waals surface area (Å²) in [6.45, 7) is 0.362. The SMILES string of the molecule is COc1cnn(C)c1C(=O)CNC1CC1. The molecule has 0 bridgehead atoms. The monoisotopic (exact) mass is 209 g/mol. The lowest BCUT2D eigenvalue weighted by atomic mass is 10.2. The van der Waals surface area contributed by atoms with Gasteiger partial charge in [-0.1, -0.05) is 0 Å². The van der Waals surface area contributed by atoms with Crippen molar-refractivity contribution in [2.24, 2.45) is 7.05 Å². The first-order chi connectivity index (χ1) is 7.22. The van der Waals surface area contributed by atoms with Gasteiger partial charge < -0.3 is 10.1 Å². The van der Waals surface area contributed by atoms with Gasteiger partial charge in [-0.05, 0) is 12.8 Å². The molecule has 5 heteroatoms. The lowest BCUT2D eigenvalue weighted by Crippen LogP contribution is -2.26. The molecule has 1 fully saturated rings. The zero-order valence-corrected chi connectivity index (χ0v) is 8.99. The first-order valence-corrected chi connectivity index (χ1v) is 5.05. The van der Waals surface area contributed by atoms with Gasteiger partial charge in [-0.3, -0.25) is 9.48 Å². The fraction of sp³-hybridized carbons (Fsp3) is 0.600. The number of Topliss-reactive ketones (excluding diaryl/α,β-unsaturated/α-hetero) is 1.